The summed E-state index contributed by atoms with van der Waals surface area (Å²) in [6, 6.07) is 7.13. The Labute approximate surface area is 117 Å². The summed E-state index contributed by atoms with van der Waals surface area (Å²) >= 11 is 0. The number of carbonyl (C=O) groups is 1. The average Bonchev–Trinajstić information content (AvgIpc) is 2.93. The van der Waals surface area contributed by atoms with Crippen LogP contribution in [0.3, 0.4) is 0 Å². The van der Waals surface area contributed by atoms with E-state index in [1.54, 1.807) is 16.8 Å². The lowest BCUT2D eigenvalue weighted by molar-refractivity contribution is -0.116. The van der Waals surface area contributed by atoms with Gasteiger partial charge in [-0.1, -0.05) is 13.8 Å². The maximum Gasteiger partial charge on any atom is 0.225 e. The van der Waals surface area contributed by atoms with Crippen LogP contribution in [0.25, 0.3) is 5.69 Å². The molecule has 0 saturated carbocycles. The predicted octanol–water partition coefficient (Wildman–Crippen LogP) is 0.974. The van der Waals surface area contributed by atoms with E-state index < -0.39 is 0 Å². The zero-order chi connectivity index (χ0) is 14.5. The second kappa shape index (κ2) is 6.25. The first-order valence-electron chi connectivity index (χ1n) is 6.45. The van der Waals surface area contributed by atoms with E-state index in [4.69, 9.17) is 5.73 Å². The van der Waals surface area contributed by atoms with Crippen molar-refractivity contribution in [1.82, 2.24) is 20.2 Å². The van der Waals surface area contributed by atoms with Crippen LogP contribution in [0, 0.1) is 5.92 Å². The molecule has 0 aliphatic rings. The van der Waals surface area contributed by atoms with Gasteiger partial charge < -0.3 is 11.1 Å². The molecule has 0 saturated heterocycles. The fourth-order valence-corrected chi connectivity index (χ4v) is 1.64. The normalized spacial score (nSPS) is 12.4. The highest BCUT2D eigenvalue weighted by atomic mass is 16.1. The van der Waals surface area contributed by atoms with E-state index in [1.165, 1.54) is 6.33 Å². The number of aromatic nitrogens is 4. The molecule has 2 rings (SSSR count). The van der Waals surface area contributed by atoms with E-state index in [0.29, 0.717) is 6.42 Å². The van der Waals surface area contributed by atoms with Gasteiger partial charge in [-0.05, 0) is 40.6 Å². The molecule has 106 valence electrons. The second-order valence-corrected chi connectivity index (χ2v) is 4.96. The molecule has 0 radical (unpaired) electrons. The Morgan fingerprint density at radius 3 is 2.60 bits per heavy atom. The molecule has 0 fully saturated rings. The fourth-order valence-electron chi connectivity index (χ4n) is 1.64. The third-order valence-electron chi connectivity index (χ3n) is 3.04. The molecule has 1 amide bonds. The van der Waals surface area contributed by atoms with E-state index in [2.05, 4.69) is 20.8 Å². The first-order valence-corrected chi connectivity index (χ1v) is 6.45. The zero-order valence-corrected chi connectivity index (χ0v) is 11.5. The van der Waals surface area contributed by atoms with Crippen molar-refractivity contribution < 1.29 is 4.79 Å². The lowest BCUT2D eigenvalue weighted by Crippen LogP contribution is -2.31. The van der Waals surface area contributed by atoms with Gasteiger partial charge in [0.25, 0.3) is 0 Å². The summed E-state index contributed by atoms with van der Waals surface area (Å²) in [5, 5.41) is 13.7. The molecule has 20 heavy (non-hydrogen) atoms. The number of hydrogen-bond donors (Lipinski definition) is 2. The van der Waals surface area contributed by atoms with Gasteiger partial charge >= 0.3 is 0 Å². The van der Waals surface area contributed by atoms with Crippen molar-refractivity contribution in [1.29, 1.82) is 0 Å². The average molecular weight is 274 g/mol. The standard InChI is InChI=1S/C13H18N6O/c1-9(2)12(14)7-13(20)16-10-3-5-11(6-4-10)19-8-15-17-18-19/h3-6,8-9,12H,7,14H2,1-2H3,(H,16,20). The van der Waals surface area contributed by atoms with Crippen LogP contribution in [0.15, 0.2) is 30.6 Å². The van der Waals surface area contributed by atoms with Gasteiger partial charge in [0.1, 0.15) is 6.33 Å². The van der Waals surface area contributed by atoms with Gasteiger partial charge in [0.2, 0.25) is 5.91 Å². The summed E-state index contributed by atoms with van der Waals surface area (Å²) in [5.41, 5.74) is 7.42. The Morgan fingerprint density at radius 1 is 1.35 bits per heavy atom. The highest BCUT2D eigenvalue weighted by molar-refractivity contribution is 5.91. The molecule has 7 heteroatoms. The van der Waals surface area contributed by atoms with Gasteiger partial charge in [-0.2, -0.15) is 0 Å². The molecule has 0 aliphatic heterocycles. The van der Waals surface area contributed by atoms with Crippen molar-refractivity contribution in [2.45, 2.75) is 26.3 Å². The predicted molar refractivity (Wildman–Crippen MR) is 75.2 cm³/mol. The van der Waals surface area contributed by atoms with Crippen molar-refractivity contribution in [3.05, 3.63) is 30.6 Å². The van der Waals surface area contributed by atoms with Crippen LogP contribution in [0.1, 0.15) is 20.3 Å². The summed E-state index contributed by atoms with van der Waals surface area (Å²) < 4.78 is 1.54. The molecule has 1 heterocycles. The third kappa shape index (κ3) is 3.61. The van der Waals surface area contributed by atoms with Crippen LogP contribution in [0.4, 0.5) is 5.69 Å². The van der Waals surface area contributed by atoms with Crippen LogP contribution in [-0.4, -0.2) is 32.2 Å². The lowest BCUT2D eigenvalue weighted by atomic mass is 10.0. The number of nitrogens with zero attached hydrogens (tertiary/aromatic N) is 4. The quantitative estimate of drug-likeness (QED) is 0.846. The van der Waals surface area contributed by atoms with Crippen LogP contribution < -0.4 is 11.1 Å². The fraction of sp³-hybridized carbons (Fsp3) is 0.385. The maximum atomic E-state index is 11.8. The lowest BCUT2D eigenvalue weighted by Gasteiger charge is -2.15. The SMILES string of the molecule is CC(C)C(N)CC(=O)Nc1ccc(-n2cnnn2)cc1. The summed E-state index contributed by atoms with van der Waals surface area (Å²) in [6.45, 7) is 4.00. The minimum absolute atomic E-state index is 0.0821. The van der Waals surface area contributed by atoms with Gasteiger partial charge in [-0.25, -0.2) is 4.68 Å². The number of amides is 1. The molecule has 0 bridgehead atoms. The molecular weight excluding hydrogens is 256 g/mol. The smallest absolute Gasteiger partial charge is 0.225 e. The summed E-state index contributed by atoms with van der Waals surface area (Å²) in [5.74, 6) is 0.198. The molecule has 1 unspecified atom stereocenters. The van der Waals surface area contributed by atoms with Crippen LogP contribution in [0.2, 0.25) is 0 Å². The Hall–Kier alpha value is -2.28. The molecule has 1 aromatic carbocycles. The molecule has 1 atom stereocenters. The maximum absolute atomic E-state index is 11.8. The van der Waals surface area contributed by atoms with Gasteiger partial charge in [-0.3, -0.25) is 4.79 Å². The van der Waals surface area contributed by atoms with Gasteiger partial charge in [0.05, 0.1) is 5.69 Å². The van der Waals surface area contributed by atoms with E-state index >= 15 is 0 Å². The number of carbonyl (C=O) groups excluding carboxylic acids is 1. The zero-order valence-electron chi connectivity index (χ0n) is 11.5. The number of nitrogens with one attached hydrogen (secondary N) is 1. The summed E-state index contributed by atoms with van der Waals surface area (Å²) in [6.07, 6.45) is 1.82. The van der Waals surface area contributed by atoms with Crippen molar-refractivity contribution in [3.8, 4) is 5.69 Å². The largest absolute Gasteiger partial charge is 0.327 e. The first kappa shape index (κ1) is 14.1. The summed E-state index contributed by atoms with van der Waals surface area (Å²) in [4.78, 5) is 11.8. The topological polar surface area (TPSA) is 98.7 Å². The Morgan fingerprint density at radius 2 is 2.05 bits per heavy atom. The van der Waals surface area contributed by atoms with E-state index in [9.17, 15) is 4.79 Å². The van der Waals surface area contributed by atoms with Crippen molar-refractivity contribution in [3.63, 3.8) is 0 Å². The number of hydrogen-bond acceptors (Lipinski definition) is 5. The molecule has 0 aliphatic carbocycles. The Bertz CT molecular complexity index is 549. The Kier molecular flexibility index (Phi) is 4.41. The molecule has 0 spiro atoms. The van der Waals surface area contributed by atoms with Crippen molar-refractivity contribution >= 4 is 11.6 Å². The van der Waals surface area contributed by atoms with Crippen LogP contribution in [0.5, 0.6) is 0 Å². The van der Waals surface area contributed by atoms with Gasteiger partial charge in [-0.15, -0.1) is 5.10 Å². The van der Waals surface area contributed by atoms with E-state index in [0.717, 1.165) is 11.4 Å². The highest BCUT2D eigenvalue weighted by Crippen LogP contribution is 2.13. The van der Waals surface area contributed by atoms with Crippen molar-refractivity contribution in [2.24, 2.45) is 11.7 Å². The highest BCUT2D eigenvalue weighted by Gasteiger charge is 2.13. The minimum atomic E-state index is -0.129. The molecule has 7 nitrogen and oxygen atoms in total. The molecule has 1 aromatic heterocycles. The van der Waals surface area contributed by atoms with Crippen LogP contribution in [-0.2, 0) is 4.79 Å². The number of tetrazole rings is 1. The first-order chi connectivity index (χ1) is 9.56. The number of nitrogens with two attached hydrogens (primary N) is 1. The van der Waals surface area contributed by atoms with E-state index in [-0.39, 0.29) is 17.9 Å². The van der Waals surface area contributed by atoms with Gasteiger partial charge in [0.15, 0.2) is 0 Å². The molecular formula is C13H18N6O. The molecule has 3 N–H and O–H groups in total. The number of benzene rings is 1. The minimum Gasteiger partial charge on any atom is -0.327 e. The van der Waals surface area contributed by atoms with Crippen LogP contribution >= 0.6 is 0 Å². The molecule has 2 aromatic rings. The Balaban J connectivity index is 1.95. The number of anilines is 1. The third-order valence-corrected chi connectivity index (χ3v) is 3.04. The number of rotatable bonds is 5. The van der Waals surface area contributed by atoms with Gasteiger partial charge in [0, 0.05) is 18.2 Å². The monoisotopic (exact) mass is 274 g/mol. The summed E-state index contributed by atoms with van der Waals surface area (Å²) in [7, 11) is 0. The van der Waals surface area contributed by atoms with Crippen molar-refractivity contribution in [2.75, 3.05) is 5.32 Å². The van der Waals surface area contributed by atoms with E-state index in [1.807, 2.05) is 26.0 Å². The second-order valence-electron chi connectivity index (χ2n) is 4.96.